The number of amides is 8. The Morgan fingerprint density at radius 3 is 1.37 bits per heavy atom. The Bertz CT molecular complexity index is 3270. The highest BCUT2D eigenvalue weighted by Crippen LogP contribution is 2.45. The summed E-state index contributed by atoms with van der Waals surface area (Å²) in [4.78, 5) is 72.3. The molecule has 4 N–H and O–H groups in total. The third kappa shape index (κ3) is 9.83. The van der Waals surface area contributed by atoms with Crippen molar-refractivity contribution < 1.29 is 24.0 Å². The van der Waals surface area contributed by atoms with Crippen molar-refractivity contribution in [3.05, 3.63) is 195 Å². The van der Waals surface area contributed by atoms with E-state index in [0.717, 1.165) is 46.2 Å². The Kier molecular flexibility index (Phi) is 13.7. The molecular weight excluding hydrogens is 1000 g/mol. The molecule has 0 radical (unpaired) electrons. The first-order valence-corrected chi connectivity index (χ1v) is 25.2. The number of hydrogen-bond acceptors (Lipinski definition) is 6. The molecular formula is C57H47Cl4N7O5. The van der Waals surface area contributed by atoms with E-state index in [2.05, 4.69) is 10.6 Å². The van der Waals surface area contributed by atoms with Gasteiger partial charge in [-0.3, -0.25) is 9.59 Å². The number of benzene rings is 7. The van der Waals surface area contributed by atoms with Crippen LogP contribution in [-0.2, 0) is 22.4 Å². The number of urea groups is 3. The van der Waals surface area contributed by atoms with Crippen LogP contribution in [0.3, 0.4) is 0 Å². The van der Waals surface area contributed by atoms with Gasteiger partial charge in [-0.05, 0) is 132 Å². The fraction of sp³-hybridized carbons (Fsp3) is 0.175. The molecule has 0 spiro atoms. The summed E-state index contributed by atoms with van der Waals surface area (Å²) < 4.78 is 0. The fourth-order valence-electron chi connectivity index (χ4n) is 10.5. The molecule has 0 bridgehead atoms. The Morgan fingerprint density at radius 2 is 0.904 bits per heavy atom. The third-order valence-electron chi connectivity index (χ3n) is 13.8. The van der Waals surface area contributed by atoms with Gasteiger partial charge in [0.15, 0.2) is 0 Å². The molecule has 368 valence electrons. The number of fused-ring (bicyclic) bond motifs is 2. The highest BCUT2D eigenvalue weighted by molar-refractivity contribution is 6.36. The summed E-state index contributed by atoms with van der Waals surface area (Å²) in [5, 5.41) is 7.17. The number of hydrogen-bond donors (Lipinski definition) is 3. The highest BCUT2D eigenvalue weighted by Gasteiger charge is 2.61. The number of carbonyl (C=O) groups excluding carboxylic acids is 5. The predicted octanol–water partition coefficient (Wildman–Crippen LogP) is 13.6. The molecule has 7 aromatic rings. The molecule has 11 rings (SSSR count). The number of nitrogens with two attached hydrogens (primary N) is 1. The van der Waals surface area contributed by atoms with Crippen molar-refractivity contribution in [1.82, 2.24) is 9.80 Å². The smallest absolute Gasteiger partial charge is 0.332 e. The van der Waals surface area contributed by atoms with Crippen LogP contribution in [0.4, 0.5) is 42.8 Å². The Labute approximate surface area is 442 Å². The topological polar surface area (TPSA) is 148 Å². The minimum absolute atomic E-state index is 0.224. The molecule has 16 heteroatoms. The van der Waals surface area contributed by atoms with Gasteiger partial charge in [-0.15, -0.1) is 0 Å². The van der Waals surface area contributed by atoms with Crippen LogP contribution in [0.15, 0.2) is 164 Å². The van der Waals surface area contributed by atoms with Gasteiger partial charge in [0.2, 0.25) is 0 Å². The van der Waals surface area contributed by atoms with E-state index in [-0.39, 0.29) is 29.9 Å². The summed E-state index contributed by atoms with van der Waals surface area (Å²) in [6.45, 7) is 1.07. The lowest BCUT2D eigenvalue weighted by molar-refractivity contribution is -0.124. The summed E-state index contributed by atoms with van der Waals surface area (Å²) in [7, 11) is 0. The summed E-state index contributed by atoms with van der Waals surface area (Å²) in [5.74, 6) is -0.479. The van der Waals surface area contributed by atoms with E-state index in [9.17, 15) is 24.0 Å². The van der Waals surface area contributed by atoms with Crippen molar-refractivity contribution in [2.75, 3.05) is 39.3 Å². The average molecular weight is 1050 g/mol. The second kappa shape index (κ2) is 20.3. The number of rotatable bonds is 10. The molecule has 2 unspecified atom stereocenters. The minimum atomic E-state index is -0.941. The zero-order valence-electron chi connectivity index (χ0n) is 39.2. The second-order valence-corrected chi connectivity index (χ2v) is 20.3. The molecule has 73 heavy (non-hydrogen) atoms. The van der Waals surface area contributed by atoms with Gasteiger partial charge in [-0.25, -0.2) is 24.2 Å². The van der Waals surface area contributed by atoms with Crippen LogP contribution >= 0.6 is 46.4 Å². The number of halogens is 4. The summed E-state index contributed by atoms with van der Waals surface area (Å²) in [6, 6.07) is 49.1. The van der Waals surface area contributed by atoms with Crippen molar-refractivity contribution in [1.29, 1.82) is 0 Å². The van der Waals surface area contributed by atoms with E-state index in [1.165, 1.54) is 9.80 Å². The molecule has 4 heterocycles. The number of anilines is 5. The number of imide groups is 2. The quantitative estimate of drug-likeness (QED) is 0.0917. The number of nitrogens with zero attached hydrogens (tertiary/aromatic N) is 4. The molecule has 0 aromatic heterocycles. The van der Waals surface area contributed by atoms with E-state index in [0.29, 0.717) is 87.3 Å². The van der Waals surface area contributed by atoms with Crippen molar-refractivity contribution in [2.45, 2.75) is 49.6 Å². The Morgan fingerprint density at radius 1 is 0.479 bits per heavy atom. The normalized spacial score (nSPS) is 19.0. The first kappa shape index (κ1) is 49.2. The Balaban J connectivity index is 0.000000173. The molecule has 0 aliphatic carbocycles. The summed E-state index contributed by atoms with van der Waals surface area (Å²) >= 11 is 24.6. The largest absolute Gasteiger partial charge is 0.399 e. The number of para-hydroxylation sites is 1. The van der Waals surface area contributed by atoms with Crippen molar-refractivity contribution in [3.8, 4) is 22.3 Å². The molecule has 4 aliphatic rings. The van der Waals surface area contributed by atoms with E-state index in [4.69, 9.17) is 52.1 Å². The molecule has 4 saturated heterocycles. The molecule has 2 atom stereocenters. The van der Waals surface area contributed by atoms with Crippen LogP contribution in [0, 0.1) is 0 Å². The van der Waals surface area contributed by atoms with Gasteiger partial charge in [0, 0.05) is 63.1 Å². The van der Waals surface area contributed by atoms with Gasteiger partial charge >= 0.3 is 18.1 Å². The van der Waals surface area contributed by atoms with Crippen molar-refractivity contribution in [2.24, 2.45) is 0 Å². The maximum Gasteiger partial charge on any atom is 0.332 e. The molecule has 8 amide bonds. The maximum absolute atomic E-state index is 13.8. The van der Waals surface area contributed by atoms with Crippen LogP contribution < -0.4 is 26.2 Å². The van der Waals surface area contributed by atoms with Crippen LogP contribution in [-0.4, -0.2) is 63.9 Å². The van der Waals surface area contributed by atoms with Crippen LogP contribution in [0.5, 0.6) is 0 Å². The van der Waals surface area contributed by atoms with E-state index in [1.807, 2.05) is 127 Å². The SMILES string of the molecule is Nc1cccc(-c2ccc(CC34CCCN3C(=O)N(c3cc(Cl)cc(Cl)c3)C4=O)cc2)c1.O=C(Nc1ccccc1)Nc1cccc(-c2ccc(CC34CCCN3C(=O)N(c3cc(Cl)cc(Cl)c3)C4=O)cc2)c1. The number of nitrogens with one attached hydrogen (secondary N) is 2. The van der Waals surface area contributed by atoms with Crippen molar-refractivity contribution in [3.63, 3.8) is 0 Å². The lowest BCUT2D eigenvalue weighted by Crippen LogP contribution is -2.47. The minimum Gasteiger partial charge on any atom is -0.399 e. The van der Waals surface area contributed by atoms with Crippen LogP contribution in [0.2, 0.25) is 20.1 Å². The Hall–Kier alpha value is -7.35. The van der Waals surface area contributed by atoms with Gasteiger partial charge in [-0.2, -0.15) is 0 Å². The molecule has 4 aliphatic heterocycles. The first-order valence-electron chi connectivity index (χ1n) is 23.7. The van der Waals surface area contributed by atoms with Crippen LogP contribution in [0.1, 0.15) is 36.8 Å². The molecule has 4 fully saturated rings. The van der Waals surface area contributed by atoms with E-state index >= 15 is 0 Å². The lowest BCUT2D eigenvalue weighted by atomic mass is 9.87. The monoisotopic (exact) mass is 1050 g/mol. The lowest BCUT2D eigenvalue weighted by Gasteiger charge is -2.28. The standard InChI is InChI=1S/C32H26Cl2N4O3.C25H21Cl2N3O2/c33-24-17-25(34)19-28(18-24)38-29(39)32(14-5-15-37(32)31(38)41)20-21-10-12-22(13-11-21)23-6-4-9-27(16-23)36-30(40)35-26-7-2-1-3-8-26;26-19-12-20(27)14-22(13-19)30-23(31)25(9-2-10-29(25)24(30)32)15-16-5-7-17(8-6-16)18-3-1-4-21(28)11-18/h1-4,6-13,16-19H,5,14-15,20H2,(H2,35,36,40);1,3-8,11-14H,2,9-10,15,28H2. The maximum atomic E-state index is 13.8. The van der Waals surface area contributed by atoms with E-state index in [1.54, 1.807) is 46.2 Å². The molecule has 0 saturated carbocycles. The van der Waals surface area contributed by atoms with Crippen molar-refractivity contribution >= 4 is 105 Å². The van der Waals surface area contributed by atoms with Gasteiger partial charge in [0.25, 0.3) is 11.8 Å². The summed E-state index contributed by atoms with van der Waals surface area (Å²) in [5.41, 5.74) is 12.9. The highest BCUT2D eigenvalue weighted by atomic mass is 35.5. The first-order chi connectivity index (χ1) is 35.2. The van der Waals surface area contributed by atoms with Gasteiger partial charge < -0.3 is 26.2 Å². The van der Waals surface area contributed by atoms with Gasteiger partial charge in [0.05, 0.1) is 11.4 Å². The third-order valence-corrected chi connectivity index (χ3v) is 14.7. The molecule has 7 aromatic carbocycles. The van der Waals surface area contributed by atoms with Crippen LogP contribution in [0.25, 0.3) is 22.3 Å². The van der Waals surface area contributed by atoms with Gasteiger partial charge in [0.1, 0.15) is 11.1 Å². The number of nitrogen functional groups attached to an aromatic ring is 1. The zero-order chi connectivity index (χ0) is 51.0. The average Bonchev–Trinajstić information content (AvgIpc) is 4.10. The zero-order valence-corrected chi connectivity index (χ0v) is 42.2. The van der Waals surface area contributed by atoms with E-state index < -0.39 is 11.1 Å². The fourth-order valence-corrected chi connectivity index (χ4v) is 11.5. The molecule has 12 nitrogen and oxygen atoms in total. The second-order valence-electron chi connectivity index (χ2n) is 18.6. The number of carbonyl (C=O) groups is 5. The van der Waals surface area contributed by atoms with Gasteiger partial charge in [-0.1, -0.05) is 137 Å². The summed E-state index contributed by atoms with van der Waals surface area (Å²) in [6.07, 6.45) is 3.63. The predicted molar refractivity (Wildman–Crippen MR) is 291 cm³/mol.